The smallest absolute Gasteiger partial charge is 0.282 e. The molecule has 0 unspecified atom stereocenters. The number of hydrogen-bond donors (Lipinski definition) is 0. The van der Waals surface area contributed by atoms with Crippen molar-refractivity contribution in [2.45, 2.75) is 0 Å². The molecule has 0 N–H and O–H groups in total. The molecule has 0 radical (unpaired) electrons. The maximum Gasteiger partial charge on any atom is 0.282 e. The summed E-state index contributed by atoms with van der Waals surface area (Å²) in [7, 11) is 1.46. The molecule has 0 aliphatic carbocycles. The van der Waals surface area contributed by atoms with Crippen molar-refractivity contribution in [1.29, 1.82) is 0 Å². The molecule has 8 nitrogen and oxygen atoms in total. The Morgan fingerprint density at radius 2 is 1.80 bits per heavy atom. The van der Waals surface area contributed by atoms with Gasteiger partial charge >= 0.3 is 0 Å². The molecule has 1 heterocycles. The average Bonchev–Trinajstić information content (AvgIpc) is 2.78. The first kappa shape index (κ1) is 19.0. The zero-order valence-corrected chi connectivity index (χ0v) is 15.9. The number of para-hydroxylation sites is 1. The highest BCUT2D eigenvalue weighted by molar-refractivity contribution is 5.85. The Morgan fingerprint density at radius 3 is 2.53 bits per heavy atom. The molecule has 148 valence electrons. The fourth-order valence-electron chi connectivity index (χ4n) is 3.06. The van der Waals surface area contributed by atoms with Gasteiger partial charge in [0.25, 0.3) is 11.2 Å². The molecule has 1 aromatic heterocycles. The van der Waals surface area contributed by atoms with Gasteiger partial charge in [0.2, 0.25) is 0 Å². The van der Waals surface area contributed by atoms with E-state index in [1.807, 2.05) is 36.4 Å². The van der Waals surface area contributed by atoms with Gasteiger partial charge in [-0.25, -0.2) is 4.98 Å². The number of hydrogen-bond acceptors (Lipinski definition) is 6. The maximum atomic E-state index is 13.1. The van der Waals surface area contributed by atoms with E-state index in [1.165, 1.54) is 36.2 Å². The van der Waals surface area contributed by atoms with Gasteiger partial charge in [-0.2, -0.15) is 9.78 Å². The first-order valence-electron chi connectivity index (χ1n) is 9.02. The summed E-state index contributed by atoms with van der Waals surface area (Å²) in [6, 6.07) is 20.4. The van der Waals surface area contributed by atoms with Crippen LogP contribution in [0.2, 0.25) is 0 Å². The van der Waals surface area contributed by atoms with E-state index in [-0.39, 0.29) is 11.2 Å². The van der Waals surface area contributed by atoms with Gasteiger partial charge < -0.3 is 4.74 Å². The first-order chi connectivity index (χ1) is 14.6. The molecule has 0 aliphatic heterocycles. The van der Waals surface area contributed by atoms with Crippen molar-refractivity contribution in [3.05, 3.63) is 98.8 Å². The SMILES string of the molecule is COc1ccc([N+](=O)[O-])cc1C=Nn1c(-c2ccccc2)nc2ccccc2c1=O. The molecular weight excluding hydrogens is 384 g/mol. The van der Waals surface area contributed by atoms with Crippen LogP contribution in [0.3, 0.4) is 0 Å². The lowest BCUT2D eigenvalue weighted by molar-refractivity contribution is -0.384. The Hall–Kier alpha value is -4.33. The molecule has 0 bridgehead atoms. The highest BCUT2D eigenvalue weighted by atomic mass is 16.6. The summed E-state index contributed by atoms with van der Waals surface area (Å²) in [5, 5.41) is 15.9. The second-order valence-electron chi connectivity index (χ2n) is 6.36. The highest BCUT2D eigenvalue weighted by Crippen LogP contribution is 2.23. The van der Waals surface area contributed by atoms with Gasteiger partial charge in [0, 0.05) is 23.3 Å². The zero-order valence-electron chi connectivity index (χ0n) is 15.9. The van der Waals surface area contributed by atoms with Gasteiger partial charge in [-0.05, 0) is 18.2 Å². The van der Waals surface area contributed by atoms with Crippen LogP contribution in [0.5, 0.6) is 5.75 Å². The number of fused-ring (bicyclic) bond motifs is 1. The van der Waals surface area contributed by atoms with Crippen LogP contribution < -0.4 is 10.3 Å². The van der Waals surface area contributed by atoms with Crippen molar-refractivity contribution in [2.24, 2.45) is 5.10 Å². The van der Waals surface area contributed by atoms with Crippen LogP contribution in [0.25, 0.3) is 22.3 Å². The van der Waals surface area contributed by atoms with Crippen LogP contribution in [0.15, 0.2) is 82.7 Å². The van der Waals surface area contributed by atoms with E-state index in [0.29, 0.717) is 33.6 Å². The molecule has 4 aromatic rings. The van der Waals surface area contributed by atoms with E-state index in [1.54, 1.807) is 18.2 Å². The van der Waals surface area contributed by atoms with E-state index >= 15 is 0 Å². The Balaban J connectivity index is 1.93. The number of rotatable bonds is 5. The topological polar surface area (TPSA) is 99.6 Å². The lowest BCUT2D eigenvalue weighted by atomic mass is 10.2. The predicted molar refractivity (Wildman–Crippen MR) is 114 cm³/mol. The Morgan fingerprint density at radius 1 is 1.07 bits per heavy atom. The summed E-state index contributed by atoms with van der Waals surface area (Å²) in [4.78, 5) is 28.4. The lowest BCUT2D eigenvalue weighted by Gasteiger charge is -2.10. The minimum atomic E-state index is -0.504. The summed E-state index contributed by atoms with van der Waals surface area (Å²) in [5.41, 5.74) is 1.18. The van der Waals surface area contributed by atoms with Gasteiger partial charge in [0.15, 0.2) is 5.82 Å². The summed E-state index contributed by atoms with van der Waals surface area (Å²) in [6.45, 7) is 0. The number of aromatic nitrogens is 2. The second kappa shape index (κ2) is 7.96. The average molecular weight is 400 g/mol. The first-order valence-corrected chi connectivity index (χ1v) is 9.02. The predicted octanol–water partition coefficient (Wildman–Crippen LogP) is 3.86. The monoisotopic (exact) mass is 400 g/mol. The summed E-state index contributed by atoms with van der Waals surface area (Å²) in [5.74, 6) is 0.757. The molecule has 0 spiro atoms. The Kier molecular flexibility index (Phi) is 5.04. The largest absolute Gasteiger partial charge is 0.496 e. The maximum absolute atomic E-state index is 13.1. The molecule has 3 aromatic carbocycles. The van der Waals surface area contributed by atoms with Gasteiger partial charge in [0.05, 0.1) is 29.2 Å². The van der Waals surface area contributed by atoms with Crippen molar-refractivity contribution in [3.8, 4) is 17.1 Å². The number of non-ortho nitro benzene ring substituents is 1. The zero-order chi connectivity index (χ0) is 21.1. The van der Waals surface area contributed by atoms with Gasteiger partial charge in [-0.15, -0.1) is 0 Å². The van der Waals surface area contributed by atoms with Crippen molar-refractivity contribution < 1.29 is 9.66 Å². The second-order valence-corrected chi connectivity index (χ2v) is 6.36. The Labute approximate surface area is 170 Å². The summed E-state index contributed by atoms with van der Waals surface area (Å²) < 4.78 is 6.46. The van der Waals surface area contributed by atoms with E-state index in [9.17, 15) is 14.9 Å². The molecular formula is C22H16N4O4. The third kappa shape index (κ3) is 3.53. The molecule has 0 atom stereocenters. The molecule has 30 heavy (non-hydrogen) atoms. The number of benzene rings is 3. The quantitative estimate of drug-likeness (QED) is 0.288. The number of nitro groups is 1. The normalized spacial score (nSPS) is 11.1. The number of nitrogens with zero attached hydrogens (tertiary/aromatic N) is 4. The third-order valence-corrected chi connectivity index (χ3v) is 4.52. The Bertz CT molecular complexity index is 1330. The van der Waals surface area contributed by atoms with Gasteiger partial charge in [0.1, 0.15) is 5.75 Å². The molecule has 8 heteroatoms. The number of ether oxygens (including phenoxy) is 1. The van der Waals surface area contributed by atoms with Crippen LogP contribution in [-0.4, -0.2) is 27.9 Å². The van der Waals surface area contributed by atoms with Crippen LogP contribution in [-0.2, 0) is 0 Å². The molecule has 0 amide bonds. The third-order valence-electron chi connectivity index (χ3n) is 4.52. The van der Waals surface area contributed by atoms with Crippen molar-refractivity contribution in [3.63, 3.8) is 0 Å². The van der Waals surface area contributed by atoms with Crippen LogP contribution in [0.4, 0.5) is 5.69 Å². The van der Waals surface area contributed by atoms with Gasteiger partial charge in [-0.3, -0.25) is 14.9 Å². The number of nitro benzene ring substituents is 1. The summed E-state index contributed by atoms with van der Waals surface area (Å²) in [6.07, 6.45) is 1.36. The fourth-order valence-corrected chi connectivity index (χ4v) is 3.06. The van der Waals surface area contributed by atoms with Crippen LogP contribution in [0, 0.1) is 10.1 Å². The molecule has 0 aliphatic rings. The van der Waals surface area contributed by atoms with E-state index in [4.69, 9.17) is 4.74 Å². The van der Waals surface area contributed by atoms with E-state index in [0.717, 1.165) is 0 Å². The molecule has 0 fully saturated rings. The minimum absolute atomic E-state index is 0.107. The van der Waals surface area contributed by atoms with Crippen LogP contribution in [0.1, 0.15) is 5.56 Å². The molecule has 0 saturated carbocycles. The minimum Gasteiger partial charge on any atom is -0.496 e. The van der Waals surface area contributed by atoms with Crippen molar-refractivity contribution in [1.82, 2.24) is 9.66 Å². The van der Waals surface area contributed by atoms with E-state index < -0.39 is 4.92 Å². The highest BCUT2D eigenvalue weighted by Gasteiger charge is 2.13. The number of methoxy groups -OCH3 is 1. The standard InChI is InChI=1S/C22H16N4O4/c1-30-20-12-11-17(26(28)29)13-16(20)14-23-25-21(15-7-3-2-4-8-15)24-19-10-6-5-9-18(19)22(25)27/h2-14H,1H3. The molecule has 4 rings (SSSR count). The van der Waals surface area contributed by atoms with Crippen molar-refractivity contribution >= 4 is 22.8 Å². The fraction of sp³-hybridized carbons (Fsp3) is 0.0455. The lowest BCUT2D eigenvalue weighted by Crippen LogP contribution is -2.20. The van der Waals surface area contributed by atoms with Crippen molar-refractivity contribution in [2.75, 3.05) is 7.11 Å². The van der Waals surface area contributed by atoms with E-state index in [2.05, 4.69) is 10.1 Å². The van der Waals surface area contributed by atoms with Crippen LogP contribution >= 0.6 is 0 Å². The van der Waals surface area contributed by atoms with Gasteiger partial charge in [-0.1, -0.05) is 42.5 Å². The molecule has 0 saturated heterocycles. The summed E-state index contributed by atoms with van der Waals surface area (Å²) >= 11 is 0.